The molecule has 0 heterocycles. The minimum atomic E-state index is 0.607. The molecule has 0 unspecified atom stereocenters. The molecule has 0 radical (unpaired) electrons. The highest BCUT2D eigenvalue weighted by atomic mass is 32.2. The van der Waals surface area contributed by atoms with E-state index in [1.54, 1.807) is 0 Å². The van der Waals surface area contributed by atoms with E-state index in [0.29, 0.717) is 21.0 Å². The third-order valence-corrected chi connectivity index (χ3v) is 8.32. The van der Waals surface area contributed by atoms with E-state index < -0.39 is 0 Å². The Morgan fingerprint density at radius 2 is 0.583 bits per heavy atom. The van der Waals surface area contributed by atoms with Gasteiger partial charge in [0.2, 0.25) is 0 Å². The van der Waals surface area contributed by atoms with Crippen LogP contribution >= 0.6 is 47.0 Å². The lowest BCUT2D eigenvalue weighted by Crippen LogP contribution is -2.04. The highest BCUT2D eigenvalue weighted by Crippen LogP contribution is 2.49. The average Bonchev–Trinajstić information content (AvgIpc) is 2.42. The summed E-state index contributed by atoms with van der Waals surface area (Å²) in [7, 11) is 0. The van der Waals surface area contributed by atoms with E-state index in [1.165, 1.54) is 30.7 Å². The second kappa shape index (κ2) is 10.1. The second-order valence-electron chi connectivity index (χ2n) is 7.23. The number of benzene rings is 1. The van der Waals surface area contributed by atoms with Gasteiger partial charge in [-0.2, -0.15) is 0 Å². The number of thioether (sulfide) groups is 4. The molecule has 0 N–H and O–H groups in total. The normalized spacial score (nSPS) is 12.2. The monoisotopic (exact) mass is 402 g/mol. The molecule has 0 aromatic heterocycles. The summed E-state index contributed by atoms with van der Waals surface area (Å²) in [6, 6.07) is 0. The molecule has 0 saturated carbocycles. The smallest absolute Gasteiger partial charge is 0.0255 e. The zero-order chi connectivity index (χ0) is 18.6. The zero-order valence-corrected chi connectivity index (χ0v) is 20.2. The predicted octanol–water partition coefficient (Wildman–Crippen LogP) is 8.31. The van der Waals surface area contributed by atoms with E-state index in [9.17, 15) is 0 Å². The molecular weight excluding hydrogens is 368 g/mol. The maximum absolute atomic E-state index is 2.34. The van der Waals surface area contributed by atoms with Crippen LogP contribution in [0.25, 0.3) is 0 Å². The second-order valence-corrected chi connectivity index (χ2v) is 13.6. The number of rotatable bonds is 8. The van der Waals surface area contributed by atoms with Crippen molar-refractivity contribution in [1.82, 2.24) is 0 Å². The van der Waals surface area contributed by atoms with E-state index in [2.05, 4.69) is 69.2 Å². The van der Waals surface area contributed by atoms with Crippen LogP contribution in [0.4, 0.5) is 0 Å². The molecule has 1 rings (SSSR count). The lowest BCUT2D eigenvalue weighted by Gasteiger charge is -2.25. The molecule has 24 heavy (non-hydrogen) atoms. The molecule has 0 spiro atoms. The average molecular weight is 403 g/mol. The molecule has 0 amide bonds. The largest absolute Gasteiger partial charge is 0.122 e. The van der Waals surface area contributed by atoms with Gasteiger partial charge in [-0.1, -0.05) is 55.4 Å². The maximum atomic E-state index is 2.34. The molecular formula is C20H34S4. The summed E-state index contributed by atoms with van der Waals surface area (Å²) in [5.41, 5.74) is 2.98. The fourth-order valence-electron chi connectivity index (χ4n) is 2.40. The van der Waals surface area contributed by atoms with Crippen LogP contribution in [0.2, 0.25) is 0 Å². The molecule has 0 nitrogen and oxygen atoms in total. The number of hydrogen-bond acceptors (Lipinski definition) is 4. The fraction of sp³-hybridized carbons (Fsp3) is 0.700. The first-order valence-corrected chi connectivity index (χ1v) is 12.4. The van der Waals surface area contributed by atoms with E-state index in [0.717, 1.165) is 0 Å². The Hall–Kier alpha value is 0.620. The van der Waals surface area contributed by atoms with Crippen molar-refractivity contribution in [3.8, 4) is 0 Å². The molecule has 138 valence electrons. The van der Waals surface area contributed by atoms with Crippen LogP contribution in [0.3, 0.4) is 0 Å². The topological polar surface area (TPSA) is 0 Å². The van der Waals surface area contributed by atoms with Crippen LogP contribution in [0.15, 0.2) is 19.6 Å². The van der Waals surface area contributed by atoms with Crippen molar-refractivity contribution in [3.05, 3.63) is 11.1 Å². The molecule has 1 aromatic rings. The maximum Gasteiger partial charge on any atom is 0.0255 e. The molecule has 0 saturated heterocycles. The van der Waals surface area contributed by atoms with Gasteiger partial charge >= 0.3 is 0 Å². The third kappa shape index (κ3) is 6.41. The first kappa shape index (κ1) is 22.7. The van der Waals surface area contributed by atoms with Gasteiger partial charge in [-0.05, 0) is 25.0 Å². The van der Waals surface area contributed by atoms with Crippen LogP contribution in [-0.4, -0.2) is 21.0 Å². The van der Waals surface area contributed by atoms with Gasteiger partial charge in [0.25, 0.3) is 0 Å². The van der Waals surface area contributed by atoms with E-state index >= 15 is 0 Å². The Bertz CT molecular complexity index is 451. The molecule has 1 aromatic carbocycles. The van der Waals surface area contributed by atoms with Crippen molar-refractivity contribution >= 4 is 47.0 Å². The van der Waals surface area contributed by atoms with E-state index in [-0.39, 0.29) is 0 Å². The summed E-state index contributed by atoms with van der Waals surface area (Å²) in [6.07, 6.45) is 0. The summed E-state index contributed by atoms with van der Waals surface area (Å²) in [5.74, 6) is 0. The van der Waals surface area contributed by atoms with Gasteiger partial charge in [0, 0.05) is 40.6 Å². The van der Waals surface area contributed by atoms with Crippen molar-refractivity contribution in [2.45, 2.75) is 110 Å². The highest BCUT2D eigenvalue weighted by Gasteiger charge is 2.23. The fourth-order valence-corrected chi connectivity index (χ4v) is 7.15. The van der Waals surface area contributed by atoms with Crippen molar-refractivity contribution in [2.24, 2.45) is 0 Å². The minimum absolute atomic E-state index is 0.607. The molecule has 0 aliphatic carbocycles. The molecule has 4 heteroatoms. The predicted molar refractivity (Wildman–Crippen MR) is 120 cm³/mol. The summed E-state index contributed by atoms with van der Waals surface area (Å²) in [4.78, 5) is 6.05. The van der Waals surface area contributed by atoms with Crippen LogP contribution in [0, 0.1) is 13.8 Å². The molecule has 0 atom stereocenters. The van der Waals surface area contributed by atoms with Crippen LogP contribution in [-0.2, 0) is 0 Å². The molecule has 0 aliphatic rings. The van der Waals surface area contributed by atoms with E-state index in [1.807, 2.05) is 47.0 Å². The molecule has 0 bridgehead atoms. The lowest BCUT2D eigenvalue weighted by atomic mass is 10.1. The summed E-state index contributed by atoms with van der Waals surface area (Å²) in [5, 5.41) is 2.43. The molecule has 0 fully saturated rings. The number of hydrogen-bond donors (Lipinski definition) is 0. The van der Waals surface area contributed by atoms with Gasteiger partial charge in [-0.3, -0.25) is 0 Å². The van der Waals surface area contributed by atoms with E-state index in [4.69, 9.17) is 0 Å². The SMILES string of the molecule is Cc1c(SC(C)C)c(SC(C)C)c(C)c(SC(C)C)c1SC(C)C. The summed E-state index contributed by atoms with van der Waals surface area (Å²) < 4.78 is 0. The third-order valence-electron chi connectivity index (χ3n) is 3.19. The first-order chi connectivity index (χ1) is 11.0. The van der Waals surface area contributed by atoms with Gasteiger partial charge in [0.05, 0.1) is 0 Å². The summed E-state index contributed by atoms with van der Waals surface area (Å²) >= 11 is 8.13. The quantitative estimate of drug-likeness (QED) is 0.401. The van der Waals surface area contributed by atoms with Crippen molar-refractivity contribution in [1.29, 1.82) is 0 Å². The van der Waals surface area contributed by atoms with Gasteiger partial charge < -0.3 is 0 Å². The van der Waals surface area contributed by atoms with Crippen LogP contribution in [0.5, 0.6) is 0 Å². The Morgan fingerprint density at radius 3 is 0.708 bits per heavy atom. The standard InChI is InChI=1S/C20H34S4/c1-11(2)21-17-15(9)19(23-13(5)6)20(24-14(7)8)16(10)18(17)22-12(3)4/h11-14H,1-10H3. The van der Waals surface area contributed by atoms with Crippen molar-refractivity contribution in [3.63, 3.8) is 0 Å². The minimum Gasteiger partial charge on any atom is -0.122 e. The van der Waals surface area contributed by atoms with Gasteiger partial charge in [0.1, 0.15) is 0 Å². The van der Waals surface area contributed by atoms with Crippen molar-refractivity contribution < 1.29 is 0 Å². The Morgan fingerprint density at radius 1 is 0.417 bits per heavy atom. The Kier molecular flexibility index (Phi) is 9.52. The van der Waals surface area contributed by atoms with Crippen LogP contribution in [0.1, 0.15) is 66.5 Å². The van der Waals surface area contributed by atoms with Crippen molar-refractivity contribution in [2.75, 3.05) is 0 Å². The Balaban J connectivity index is 3.64. The van der Waals surface area contributed by atoms with Gasteiger partial charge in [-0.15, -0.1) is 47.0 Å². The first-order valence-electron chi connectivity index (χ1n) is 8.88. The lowest BCUT2D eigenvalue weighted by molar-refractivity contribution is 0.945. The highest BCUT2D eigenvalue weighted by molar-refractivity contribution is 8.04. The Labute approximate surface area is 167 Å². The molecule has 0 aliphatic heterocycles. The zero-order valence-electron chi connectivity index (χ0n) is 16.9. The van der Waals surface area contributed by atoms with Gasteiger partial charge in [-0.25, -0.2) is 0 Å². The van der Waals surface area contributed by atoms with Crippen LogP contribution < -0.4 is 0 Å². The van der Waals surface area contributed by atoms with Gasteiger partial charge in [0.15, 0.2) is 0 Å². The summed E-state index contributed by atoms with van der Waals surface area (Å²) in [6.45, 7) is 23.1.